The van der Waals surface area contributed by atoms with Crippen molar-refractivity contribution in [2.45, 2.75) is 62.4 Å². The predicted molar refractivity (Wildman–Crippen MR) is 85.9 cm³/mol. The second-order valence-corrected chi connectivity index (χ2v) is 8.11. The lowest BCUT2D eigenvalue weighted by Crippen LogP contribution is -2.61. The number of nitrogens with one attached hydrogen (secondary N) is 1. The third kappa shape index (κ3) is 3.49. The number of benzene rings is 1. The van der Waals surface area contributed by atoms with Crippen LogP contribution >= 0.6 is 0 Å². The maximum absolute atomic E-state index is 12.5. The zero-order chi connectivity index (χ0) is 17.5. The Hall–Kier alpha value is -1.03. The van der Waals surface area contributed by atoms with E-state index in [0.717, 1.165) is 5.56 Å². The number of fused-ring (bicyclic) bond motifs is 2. The van der Waals surface area contributed by atoms with E-state index in [1.54, 1.807) is 12.1 Å². The molecular weight excluding hydrogens is 334 g/mol. The van der Waals surface area contributed by atoms with Crippen molar-refractivity contribution in [2.75, 3.05) is 6.61 Å². The van der Waals surface area contributed by atoms with Gasteiger partial charge >= 0.3 is 0 Å². The van der Waals surface area contributed by atoms with Crippen LogP contribution in [0.15, 0.2) is 29.2 Å². The van der Waals surface area contributed by atoms with E-state index in [2.05, 4.69) is 5.32 Å². The lowest BCUT2D eigenvalue weighted by atomic mass is 9.97. The molecular formula is C16H23NO6S. The first-order valence-corrected chi connectivity index (χ1v) is 9.40. The van der Waals surface area contributed by atoms with Crippen LogP contribution in [0.1, 0.15) is 19.4 Å². The summed E-state index contributed by atoms with van der Waals surface area (Å²) < 4.78 is 41.4. The molecule has 0 aliphatic carbocycles. The van der Waals surface area contributed by atoms with E-state index >= 15 is 0 Å². The molecule has 2 saturated heterocycles. The van der Waals surface area contributed by atoms with Crippen molar-refractivity contribution in [3.8, 4) is 0 Å². The van der Waals surface area contributed by atoms with E-state index in [-0.39, 0.29) is 23.6 Å². The highest BCUT2D eigenvalue weighted by Crippen LogP contribution is 2.32. The minimum absolute atomic E-state index is 0.0359. The first kappa shape index (κ1) is 17.8. The van der Waals surface area contributed by atoms with Gasteiger partial charge in [-0.2, -0.15) is 8.42 Å². The van der Waals surface area contributed by atoms with Gasteiger partial charge in [-0.1, -0.05) is 31.5 Å². The average molecular weight is 357 g/mol. The monoisotopic (exact) mass is 357 g/mol. The normalized spacial score (nSPS) is 33.1. The lowest BCUT2D eigenvalue weighted by Gasteiger charge is -2.38. The standard InChI is InChI=1S/C16H23NO6S/c1-9(2)17-13-12-8-21-16(22-12)15(14(13)18)23-24(19,20)11-6-4-10(3)5-7-11/h4-7,9,12-18H,8H2,1-3H3/t12-,13-,14-,15-,16-/m1/s1. The van der Waals surface area contributed by atoms with Crippen LogP contribution in [0, 0.1) is 6.92 Å². The van der Waals surface area contributed by atoms with Gasteiger partial charge in [-0.15, -0.1) is 0 Å². The van der Waals surface area contributed by atoms with Gasteiger partial charge in [-0.3, -0.25) is 4.18 Å². The Morgan fingerprint density at radius 3 is 2.58 bits per heavy atom. The van der Waals surface area contributed by atoms with Crippen LogP contribution in [0.4, 0.5) is 0 Å². The van der Waals surface area contributed by atoms with Crippen LogP contribution in [0.25, 0.3) is 0 Å². The Morgan fingerprint density at radius 2 is 1.96 bits per heavy atom. The Bertz CT molecular complexity index is 674. The fourth-order valence-corrected chi connectivity index (χ4v) is 4.06. The molecule has 134 valence electrons. The molecule has 1 aromatic carbocycles. The highest BCUT2D eigenvalue weighted by Gasteiger charge is 2.52. The summed E-state index contributed by atoms with van der Waals surface area (Å²) in [7, 11) is -4.03. The van der Waals surface area contributed by atoms with Gasteiger partial charge < -0.3 is 19.9 Å². The maximum Gasteiger partial charge on any atom is 0.297 e. The number of aliphatic hydroxyl groups excluding tert-OH is 1. The molecule has 1 aromatic rings. The third-order valence-electron chi connectivity index (χ3n) is 4.18. The molecule has 5 atom stereocenters. The number of aliphatic hydroxyl groups is 1. The van der Waals surface area contributed by atoms with E-state index in [9.17, 15) is 13.5 Å². The van der Waals surface area contributed by atoms with Gasteiger partial charge in [0.15, 0.2) is 12.4 Å². The minimum atomic E-state index is -4.03. The fraction of sp³-hybridized carbons (Fsp3) is 0.625. The van der Waals surface area contributed by atoms with Crippen molar-refractivity contribution in [3.05, 3.63) is 29.8 Å². The van der Waals surface area contributed by atoms with Crippen molar-refractivity contribution in [3.63, 3.8) is 0 Å². The summed E-state index contributed by atoms with van der Waals surface area (Å²) in [6.07, 6.45) is -3.39. The Morgan fingerprint density at radius 1 is 1.29 bits per heavy atom. The first-order valence-electron chi connectivity index (χ1n) is 7.99. The second kappa shape index (κ2) is 6.70. The molecule has 0 unspecified atom stereocenters. The molecule has 2 fully saturated rings. The minimum Gasteiger partial charge on any atom is -0.388 e. The van der Waals surface area contributed by atoms with Gasteiger partial charge in [0.1, 0.15) is 12.2 Å². The summed E-state index contributed by atoms with van der Waals surface area (Å²) in [5, 5.41) is 13.8. The molecule has 0 amide bonds. The Labute approximate surface area is 142 Å². The molecule has 2 heterocycles. The summed E-state index contributed by atoms with van der Waals surface area (Å²) in [4.78, 5) is 0.0359. The Kier molecular flexibility index (Phi) is 4.96. The largest absolute Gasteiger partial charge is 0.388 e. The van der Waals surface area contributed by atoms with Crippen molar-refractivity contribution >= 4 is 10.1 Å². The van der Waals surface area contributed by atoms with Crippen molar-refractivity contribution in [1.82, 2.24) is 5.32 Å². The van der Waals surface area contributed by atoms with Crippen LogP contribution in [0.2, 0.25) is 0 Å². The molecule has 2 N–H and O–H groups in total. The van der Waals surface area contributed by atoms with E-state index in [1.807, 2.05) is 20.8 Å². The molecule has 0 aromatic heterocycles. The van der Waals surface area contributed by atoms with Gasteiger partial charge in [0, 0.05) is 6.04 Å². The maximum atomic E-state index is 12.5. The number of ether oxygens (including phenoxy) is 2. The SMILES string of the molecule is Cc1ccc(S(=O)(=O)O[C@H]2[C@@H]3OC[C@@H](O3)[C@@H](NC(C)C)[C@H]2O)cc1. The highest BCUT2D eigenvalue weighted by atomic mass is 32.2. The smallest absolute Gasteiger partial charge is 0.297 e. The summed E-state index contributed by atoms with van der Waals surface area (Å²) in [6.45, 7) is 6.03. The van der Waals surface area contributed by atoms with Gasteiger partial charge in [-0.25, -0.2) is 0 Å². The van der Waals surface area contributed by atoms with Gasteiger partial charge in [0.25, 0.3) is 10.1 Å². The number of aryl methyl sites for hydroxylation is 1. The molecule has 7 nitrogen and oxygen atoms in total. The molecule has 0 radical (unpaired) electrons. The van der Waals surface area contributed by atoms with E-state index in [0.29, 0.717) is 0 Å². The summed E-state index contributed by atoms with van der Waals surface area (Å²) >= 11 is 0. The van der Waals surface area contributed by atoms with E-state index in [4.69, 9.17) is 13.7 Å². The number of hydrogen-bond donors (Lipinski definition) is 2. The van der Waals surface area contributed by atoms with Gasteiger partial charge in [0.05, 0.1) is 17.5 Å². The van der Waals surface area contributed by atoms with Crippen molar-refractivity contribution < 1.29 is 27.2 Å². The fourth-order valence-electron chi connectivity index (χ4n) is 2.99. The van der Waals surface area contributed by atoms with Crippen LogP contribution in [0.5, 0.6) is 0 Å². The first-order chi connectivity index (χ1) is 11.3. The van der Waals surface area contributed by atoms with E-state index < -0.39 is 34.7 Å². The number of rotatable bonds is 5. The van der Waals surface area contributed by atoms with Crippen molar-refractivity contribution in [2.24, 2.45) is 0 Å². The quantitative estimate of drug-likeness (QED) is 0.743. The number of hydrogen-bond acceptors (Lipinski definition) is 7. The molecule has 0 saturated carbocycles. The second-order valence-electron chi connectivity index (χ2n) is 6.54. The van der Waals surface area contributed by atoms with Crippen LogP contribution in [-0.4, -0.2) is 56.8 Å². The van der Waals surface area contributed by atoms with Crippen LogP contribution < -0.4 is 5.32 Å². The molecule has 2 bridgehead atoms. The summed E-state index contributed by atoms with van der Waals surface area (Å²) in [5.74, 6) is 0. The van der Waals surface area contributed by atoms with Gasteiger partial charge in [-0.05, 0) is 19.1 Å². The molecule has 2 aliphatic heterocycles. The Balaban J connectivity index is 1.81. The third-order valence-corrected chi connectivity index (χ3v) is 5.51. The lowest BCUT2D eigenvalue weighted by molar-refractivity contribution is -0.193. The van der Waals surface area contributed by atoms with E-state index in [1.165, 1.54) is 12.1 Å². The molecule has 0 spiro atoms. The zero-order valence-electron chi connectivity index (χ0n) is 13.9. The summed E-state index contributed by atoms with van der Waals surface area (Å²) in [6, 6.07) is 5.97. The molecule has 8 heteroatoms. The van der Waals surface area contributed by atoms with Gasteiger partial charge in [0.2, 0.25) is 0 Å². The highest BCUT2D eigenvalue weighted by molar-refractivity contribution is 7.86. The molecule has 24 heavy (non-hydrogen) atoms. The topological polar surface area (TPSA) is 94.1 Å². The summed E-state index contributed by atoms with van der Waals surface area (Å²) in [5.41, 5.74) is 0.943. The molecule has 2 aliphatic rings. The average Bonchev–Trinajstić information content (AvgIpc) is 2.95. The zero-order valence-corrected chi connectivity index (χ0v) is 14.7. The molecule has 3 rings (SSSR count). The van der Waals surface area contributed by atoms with Crippen LogP contribution in [-0.2, 0) is 23.8 Å². The predicted octanol–water partition coefficient (Wildman–Crippen LogP) is 0.552. The van der Waals surface area contributed by atoms with Crippen LogP contribution in [0.3, 0.4) is 0 Å². The van der Waals surface area contributed by atoms with Crippen molar-refractivity contribution in [1.29, 1.82) is 0 Å².